The van der Waals surface area contributed by atoms with Crippen LogP contribution in [0, 0.1) is 0 Å². The lowest BCUT2D eigenvalue weighted by Crippen LogP contribution is -2.24. The normalized spacial score (nSPS) is 11.2. The van der Waals surface area contributed by atoms with Crippen molar-refractivity contribution in [2.24, 2.45) is 0 Å². The maximum Gasteiger partial charge on any atom is 0.261 e. The Morgan fingerprint density at radius 3 is 2.25 bits per heavy atom. The van der Waals surface area contributed by atoms with Crippen LogP contribution in [0.4, 0.5) is 5.69 Å². The average molecular weight is 415 g/mol. The molecule has 7 heteroatoms. The number of hydrogen-bond acceptors (Lipinski definition) is 4. The summed E-state index contributed by atoms with van der Waals surface area (Å²) >= 11 is 1.60. The van der Waals surface area contributed by atoms with E-state index in [4.69, 9.17) is 0 Å². The van der Waals surface area contributed by atoms with Crippen LogP contribution in [0.25, 0.3) is 0 Å². The highest BCUT2D eigenvalue weighted by Crippen LogP contribution is 2.18. The fraction of sp³-hybridized carbons (Fsp3) is 0.190. The van der Waals surface area contributed by atoms with Crippen molar-refractivity contribution in [3.8, 4) is 0 Å². The van der Waals surface area contributed by atoms with Gasteiger partial charge in [-0.3, -0.25) is 9.52 Å². The van der Waals surface area contributed by atoms with Crippen LogP contribution in [0.3, 0.4) is 0 Å². The molecule has 1 heterocycles. The summed E-state index contributed by atoms with van der Waals surface area (Å²) in [6, 6.07) is 17.6. The van der Waals surface area contributed by atoms with Gasteiger partial charge in [-0.05, 0) is 53.3 Å². The van der Waals surface area contributed by atoms with Gasteiger partial charge in [-0.15, -0.1) is 11.3 Å². The third kappa shape index (κ3) is 5.43. The zero-order valence-corrected chi connectivity index (χ0v) is 17.1. The van der Waals surface area contributed by atoms with Crippen molar-refractivity contribution < 1.29 is 13.2 Å². The van der Waals surface area contributed by atoms with Gasteiger partial charge in [-0.2, -0.15) is 0 Å². The van der Waals surface area contributed by atoms with Gasteiger partial charge in [0.05, 0.1) is 17.9 Å². The summed E-state index contributed by atoms with van der Waals surface area (Å²) in [7, 11) is -3.64. The molecular weight excluding hydrogens is 392 g/mol. The summed E-state index contributed by atoms with van der Waals surface area (Å²) in [5.74, 6) is -0.0715. The second kappa shape index (κ2) is 9.03. The van der Waals surface area contributed by atoms with Gasteiger partial charge in [-0.25, -0.2) is 8.42 Å². The van der Waals surface area contributed by atoms with Crippen LogP contribution in [0.5, 0.6) is 0 Å². The molecule has 0 saturated heterocycles. The predicted molar refractivity (Wildman–Crippen MR) is 113 cm³/mol. The minimum atomic E-state index is -3.64. The maximum absolute atomic E-state index is 12.5. The van der Waals surface area contributed by atoms with Gasteiger partial charge in [-0.1, -0.05) is 37.3 Å². The zero-order valence-electron chi connectivity index (χ0n) is 15.5. The van der Waals surface area contributed by atoms with Gasteiger partial charge in [0.15, 0.2) is 0 Å². The first-order chi connectivity index (χ1) is 13.5. The van der Waals surface area contributed by atoms with Crippen LogP contribution in [-0.4, -0.2) is 14.3 Å². The van der Waals surface area contributed by atoms with E-state index in [1.54, 1.807) is 47.7 Å². The van der Waals surface area contributed by atoms with Crippen LogP contribution in [0.15, 0.2) is 70.9 Å². The van der Waals surface area contributed by atoms with E-state index in [-0.39, 0.29) is 17.2 Å². The number of hydrogen-bond donors (Lipinski definition) is 2. The predicted octanol–water partition coefficient (Wildman–Crippen LogP) is 3.97. The van der Waals surface area contributed by atoms with Crippen LogP contribution < -0.4 is 10.0 Å². The number of anilines is 1. The Balaban J connectivity index is 1.58. The van der Waals surface area contributed by atoms with Gasteiger partial charge in [0.25, 0.3) is 10.0 Å². The molecule has 2 N–H and O–H groups in total. The summed E-state index contributed by atoms with van der Waals surface area (Å²) < 4.78 is 27.5. The maximum atomic E-state index is 12.5. The number of amides is 1. The number of rotatable bonds is 8. The number of carbonyl (C=O) groups is 1. The molecule has 1 aromatic heterocycles. The summed E-state index contributed by atoms with van der Waals surface area (Å²) in [5.41, 5.74) is 2.36. The molecule has 0 unspecified atom stereocenters. The first-order valence-corrected chi connectivity index (χ1v) is 11.3. The SMILES string of the molecule is CCc1ccc(S(=O)(=O)Nc2ccc(CC(=O)NCc3cccs3)cc2)cc1. The van der Waals surface area contributed by atoms with Gasteiger partial charge >= 0.3 is 0 Å². The summed E-state index contributed by atoms with van der Waals surface area (Å²) in [4.78, 5) is 13.4. The Morgan fingerprint density at radius 1 is 0.964 bits per heavy atom. The lowest BCUT2D eigenvalue weighted by Gasteiger charge is -2.10. The molecule has 3 rings (SSSR count). The highest BCUT2D eigenvalue weighted by atomic mass is 32.2. The van der Waals surface area contributed by atoms with Crippen molar-refractivity contribution in [1.82, 2.24) is 5.32 Å². The van der Waals surface area contributed by atoms with Crippen LogP contribution in [-0.2, 0) is 34.2 Å². The van der Waals surface area contributed by atoms with E-state index >= 15 is 0 Å². The number of sulfonamides is 1. The summed E-state index contributed by atoms with van der Waals surface area (Å²) in [6.45, 7) is 2.54. The summed E-state index contributed by atoms with van der Waals surface area (Å²) in [5, 5.41) is 4.85. The van der Waals surface area contributed by atoms with Crippen molar-refractivity contribution in [3.63, 3.8) is 0 Å². The van der Waals surface area contributed by atoms with E-state index in [9.17, 15) is 13.2 Å². The molecular formula is C21H22N2O3S2. The second-order valence-corrected chi connectivity index (χ2v) is 9.05. The molecule has 0 bridgehead atoms. The zero-order chi connectivity index (χ0) is 20.0. The van der Waals surface area contributed by atoms with E-state index in [0.717, 1.165) is 22.4 Å². The van der Waals surface area contributed by atoms with Crippen molar-refractivity contribution in [1.29, 1.82) is 0 Å². The molecule has 0 aliphatic rings. The third-order valence-electron chi connectivity index (χ3n) is 4.25. The van der Waals surface area contributed by atoms with E-state index < -0.39 is 10.0 Å². The number of carbonyl (C=O) groups excluding carboxylic acids is 1. The Bertz CT molecular complexity index is 1010. The van der Waals surface area contributed by atoms with Crippen molar-refractivity contribution >= 4 is 33.0 Å². The van der Waals surface area contributed by atoms with Crippen LogP contribution >= 0.6 is 11.3 Å². The molecule has 0 aliphatic heterocycles. The number of benzene rings is 2. The highest BCUT2D eigenvalue weighted by molar-refractivity contribution is 7.92. The van der Waals surface area contributed by atoms with E-state index in [2.05, 4.69) is 10.0 Å². The Kier molecular flexibility index (Phi) is 6.49. The number of nitrogens with one attached hydrogen (secondary N) is 2. The Morgan fingerprint density at radius 2 is 1.64 bits per heavy atom. The molecule has 0 aliphatic carbocycles. The van der Waals surface area contributed by atoms with Gasteiger partial charge in [0.1, 0.15) is 0 Å². The monoisotopic (exact) mass is 414 g/mol. The molecule has 0 saturated carbocycles. The number of thiophene rings is 1. The molecule has 0 spiro atoms. The van der Waals surface area contributed by atoms with Crippen LogP contribution in [0.2, 0.25) is 0 Å². The smallest absolute Gasteiger partial charge is 0.261 e. The molecule has 5 nitrogen and oxygen atoms in total. The second-order valence-electron chi connectivity index (χ2n) is 6.33. The van der Waals surface area contributed by atoms with Gasteiger partial charge < -0.3 is 5.32 Å². The number of aryl methyl sites for hydroxylation is 1. The van der Waals surface area contributed by atoms with E-state index in [0.29, 0.717) is 12.2 Å². The quantitative estimate of drug-likeness (QED) is 0.586. The van der Waals surface area contributed by atoms with Crippen molar-refractivity contribution in [2.75, 3.05) is 4.72 Å². The average Bonchev–Trinajstić information content (AvgIpc) is 3.21. The van der Waals surface area contributed by atoms with Crippen LogP contribution in [0.1, 0.15) is 22.9 Å². The Hall–Kier alpha value is -2.64. The molecule has 0 fully saturated rings. The van der Waals surface area contributed by atoms with Gasteiger partial charge in [0.2, 0.25) is 5.91 Å². The first kappa shape index (κ1) is 20.1. The molecule has 3 aromatic rings. The lowest BCUT2D eigenvalue weighted by atomic mass is 10.1. The highest BCUT2D eigenvalue weighted by Gasteiger charge is 2.14. The van der Waals surface area contributed by atoms with Crippen molar-refractivity contribution in [3.05, 3.63) is 82.0 Å². The molecule has 0 atom stereocenters. The largest absolute Gasteiger partial charge is 0.351 e. The third-order valence-corrected chi connectivity index (χ3v) is 6.53. The molecule has 1 amide bonds. The fourth-order valence-electron chi connectivity index (χ4n) is 2.66. The lowest BCUT2D eigenvalue weighted by molar-refractivity contribution is -0.120. The molecule has 28 heavy (non-hydrogen) atoms. The standard InChI is InChI=1S/C21H22N2O3S2/c1-2-16-7-11-20(12-8-16)28(25,26)23-18-9-5-17(6-10-18)14-21(24)22-15-19-4-3-13-27-19/h3-13,23H,2,14-15H2,1H3,(H,22,24). The van der Waals surface area contributed by atoms with Gasteiger partial charge in [0, 0.05) is 10.6 Å². The first-order valence-electron chi connectivity index (χ1n) is 8.96. The minimum Gasteiger partial charge on any atom is -0.351 e. The summed E-state index contributed by atoms with van der Waals surface area (Å²) in [6.07, 6.45) is 1.10. The van der Waals surface area contributed by atoms with E-state index in [1.165, 1.54) is 0 Å². The minimum absolute atomic E-state index is 0.0715. The van der Waals surface area contributed by atoms with Crippen molar-refractivity contribution in [2.45, 2.75) is 31.2 Å². The molecule has 146 valence electrons. The molecule has 0 radical (unpaired) electrons. The fourth-order valence-corrected chi connectivity index (χ4v) is 4.36. The molecule has 2 aromatic carbocycles. The van der Waals surface area contributed by atoms with E-state index in [1.807, 2.05) is 36.6 Å². The topological polar surface area (TPSA) is 75.3 Å². The Labute approximate surface area is 169 Å².